The number of rotatable bonds is 3. The van der Waals surface area contributed by atoms with Gasteiger partial charge < -0.3 is 4.74 Å². The summed E-state index contributed by atoms with van der Waals surface area (Å²) in [7, 11) is 0. The molecule has 0 aliphatic carbocycles. The molecule has 2 heterocycles. The minimum Gasteiger partial charge on any atom is -0.353 e. The van der Waals surface area contributed by atoms with Crippen LogP contribution in [0.15, 0.2) is 42.5 Å². The van der Waals surface area contributed by atoms with E-state index in [1.165, 1.54) is 0 Å². The van der Waals surface area contributed by atoms with Gasteiger partial charge in [-0.25, -0.2) is 0 Å². The monoisotopic (exact) mass is 382 g/mol. The summed E-state index contributed by atoms with van der Waals surface area (Å²) in [4.78, 5) is 26.5. The highest BCUT2D eigenvalue weighted by molar-refractivity contribution is 6.30. The van der Waals surface area contributed by atoms with E-state index >= 15 is 0 Å². The summed E-state index contributed by atoms with van der Waals surface area (Å²) in [5.74, 6) is -0.964. The summed E-state index contributed by atoms with van der Waals surface area (Å²) < 4.78 is 5.94. The Kier molecular flexibility index (Phi) is 4.28. The molecule has 0 aromatic heterocycles. The highest BCUT2D eigenvalue weighted by Crippen LogP contribution is 2.49. The summed E-state index contributed by atoms with van der Waals surface area (Å²) in [5.41, 5.74) is 2.11. The smallest absolute Gasteiger partial charge is 0.179 e. The van der Waals surface area contributed by atoms with Crippen molar-refractivity contribution in [1.82, 2.24) is 0 Å². The normalized spacial score (nSPS) is 30.0. The number of fused-ring (bicyclic) bond motifs is 2. The number of Topliss-reactive ketones (excluding diaryl/α,β-unsaturated/α-hetero) is 2. The molecule has 4 heteroatoms. The number of ketones is 2. The highest BCUT2D eigenvalue weighted by Gasteiger charge is 2.61. The first kappa shape index (κ1) is 18.4. The van der Waals surface area contributed by atoms with Gasteiger partial charge in [-0.15, -0.1) is 0 Å². The van der Waals surface area contributed by atoms with E-state index in [-0.39, 0.29) is 11.6 Å². The molecule has 2 aliphatic rings. The van der Waals surface area contributed by atoms with Crippen LogP contribution in [0.1, 0.15) is 50.7 Å². The molecule has 3 atom stereocenters. The van der Waals surface area contributed by atoms with Crippen LogP contribution in [0, 0.1) is 0 Å². The molecule has 2 aromatic carbocycles. The van der Waals surface area contributed by atoms with Crippen molar-refractivity contribution in [2.75, 3.05) is 0 Å². The second-order valence-electron chi connectivity index (χ2n) is 8.00. The average Bonchev–Trinajstić information content (AvgIpc) is 2.96. The maximum absolute atomic E-state index is 13.3. The molecule has 27 heavy (non-hydrogen) atoms. The molecule has 0 amide bonds. The second-order valence-corrected chi connectivity index (χ2v) is 8.44. The van der Waals surface area contributed by atoms with Crippen LogP contribution in [0.5, 0.6) is 0 Å². The molecule has 0 N–H and O–H groups in total. The Labute approximate surface area is 164 Å². The second kappa shape index (κ2) is 6.29. The summed E-state index contributed by atoms with van der Waals surface area (Å²) in [6.45, 7) is 5.70. The van der Waals surface area contributed by atoms with Crippen LogP contribution in [0.4, 0.5) is 0 Å². The molecular formula is C23H23ClO3. The quantitative estimate of drug-likeness (QED) is 0.691. The minimum absolute atomic E-state index is 0.106. The van der Waals surface area contributed by atoms with E-state index in [1.54, 1.807) is 0 Å². The number of carbonyl (C=O) groups is 2. The van der Waals surface area contributed by atoms with E-state index in [0.29, 0.717) is 17.9 Å². The number of aryl methyl sites for hydroxylation is 1. The Bertz CT molecular complexity index is 905. The van der Waals surface area contributed by atoms with Crippen molar-refractivity contribution in [3.8, 4) is 11.1 Å². The van der Waals surface area contributed by atoms with Gasteiger partial charge in [-0.1, -0.05) is 42.8 Å². The lowest BCUT2D eigenvalue weighted by Crippen LogP contribution is -2.54. The van der Waals surface area contributed by atoms with Crippen LogP contribution in [-0.4, -0.2) is 22.8 Å². The van der Waals surface area contributed by atoms with Gasteiger partial charge in [-0.2, -0.15) is 0 Å². The Morgan fingerprint density at radius 3 is 2.07 bits per heavy atom. The zero-order chi connectivity index (χ0) is 19.4. The van der Waals surface area contributed by atoms with Crippen molar-refractivity contribution in [1.29, 1.82) is 0 Å². The summed E-state index contributed by atoms with van der Waals surface area (Å²) in [6.07, 6.45) is 1.97. The van der Waals surface area contributed by atoms with Crippen LogP contribution < -0.4 is 0 Å². The van der Waals surface area contributed by atoms with Gasteiger partial charge in [0.15, 0.2) is 11.6 Å². The molecule has 2 bridgehead atoms. The minimum atomic E-state index is -0.866. The van der Waals surface area contributed by atoms with Crippen LogP contribution in [0.25, 0.3) is 11.1 Å². The zero-order valence-corrected chi connectivity index (χ0v) is 16.6. The molecule has 2 saturated heterocycles. The largest absolute Gasteiger partial charge is 0.353 e. The molecule has 0 spiro atoms. The summed E-state index contributed by atoms with van der Waals surface area (Å²) in [6, 6.07) is 13.7. The van der Waals surface area contributed by atoms with Crippen molar-refractivity contribution >= 4 is 23.2 Å². The number of hydrogen-bond acceptors (Lipinski definition) is 3. The standard InChI is InChI=1S/C23H23ClO3/c1-4-14-5-6-16(15-7-9-17(24)10-8-15)13-18(14)19-20(25)22(2)11-12-23(3,27-22)21(19)26/h5-10,13,19H,4,11-12H2,1-3H3/t19?,22-,23+. The molecule has 1 unspecified atom stereocenters. The first-order valence-corrected chi connectivity index (χ1v) is 9.83. The molecule has 0 saturated carbocycles. The van der Waals surface area contributed by atoms with Crippen molar-refractivity contribution < 1.29 is 14.3 Å². The van der Waals surface area contributed by atoms with Gasteiger partial charge in [0, 0.05) is 5.02 Å². The fourth-order valence-corrected chi connectivity index (χ4v) is 4.57. The molecule has 2 aliphatic heterocycles. The zero-order valence-electron chi connectivity index (χ0n) is 15.8. The van der Waals surface area contributed by atoms with E-state index < -0.39 is 17.1 Å². The third-order valence-corrected chi connectivity index (χ3v) is 6.36. The van der Waals surface area contributed by atoms with Gasteiger partial charge in [0.1, 0.15) is 17.1 Å². The van der Waals surface area contributed by atoms with Crippen LogP contribution in [0.2, 0.25) is 5.02 Å². The molecule has 140 valence electrons. The van der Waals surface area contributed by atoms with Gasteiger partial charge in [0.05, 0.1) is 0 Å². The molecule has 0 radical (unpaired) electrons. The number of hydrogen-bond donors (Lipinski definition) is 0. The predicted molar refractivity (Wildman–Crippen MR) is 106 cm³/mol. The molecule has 2 aromatic rings. The van der Waals surface area contributed by atoms with E-state index in [0.717, 1.165) is 28.7 Å². The van der Waals surface area contributed by atoms with Gasteiger partial charge in [0.25, 0.3) is 0 Å². The van der Waals surface area contributed by atoms with E-state index in [1.807, 2.05) is 63.2 Å². The molecule has 3 nitrogen and oxygen atoms in total. The fraction of sp³-hybridized carbons (Fsp3) is 0.391. The summed E-state index contributed by atoms with van der Waals surface area (Å²) in [5, 5.41) is 0.677. The lowest BCUT2D eigenvalue weighted by atomic mass is 9.76. The fourth-order valence-electron chi connectivity index (χ4n) is 4.44. The maximum Gasteiger partial charge on any atom is 0.179 e. The van der Waals surface area contributed by atoms with Crippen molar-refractivity contribution in [2.24, 2.45) is 0 Å². The predicted octanol–water partition coefficient (Wildman–Crippen LogP) is 5.13. The first-order chi connectivity index (χ1) is 12.8. The average molecular weight is 383 g/mol. The number of halogens is 1. The van der Waals surface area contributed by atoms with Crippen LogP contribution in [-0.2, 0) is 20.7 Å². The third-order valence-electron chi connectivity index (χ3n) is 6.11. The molecular weight excluding hydrogens is 360 g/mol. The number of ether oxygens (including phenoxy) is 1. The van der Waals surface area contributed by atoms with Gasteiger partial charge in [-0.05, 0) is 73.6 Å². The van der Waals surface area contributed by atoms with E-state index in [2.05, 4.69) is 0 Å². The summed E-state index contributed by atoms with van der Waals surface area (Å²) >= 11 is 6.00. The van der Waals surface area contributed by atoms with Gasteiger partial charge in [0.2, 0.25) is 0 Å². The Hall–Kier alpha value is -1.97. The van der Waals surface area contributed by atoms with Crippen LogP contribution in [0.3, 0.4) is 0 Å². The lowest BCUT2D eigenvalue weighted by molar-refractivity contribution is -0.173. The third kappa shape index (κ3) is 2.84. The number of carbonyl (C=O) groups excluding carboxylic acids is 2. The van der Waals surface area contributed by atoms with E-state index in [9.17, 15) is 9.59 Å². The first-order valence-electron chi connectivity index (χ1n) is 9.45. The Balaban J connectivity index is 1.84. The van der Waals surface area contributed by atoms with Gasteiger partial charge >= 0.3 is 0 Å². The molecule has 2 fully saturated rings. The topological polar surface area (TPSA) is 43.4 Å². The Morgan fingerprint density at radius 1 is 0.963 bits per heavy atom. The highest BCUT2D eigenvalue weighted by atomic mass is 35.5. The Morgan fingerprint density at radius 2 is 1.52 bits per heavy atom. The van der Waals surface area contributed by atoms with Crippen molar-refractivity contribution in [3.63, 3.8) is 0 Å². The van der Waals surface area contributed by atoms with Crippen LogP contribution >= 0.6 is 11.6 Å². The maximum atomic E-state index is 13.3. The SMILES string of the molecule is CCc1ccc(-c2ccc(Cl)cc2)cc1C1C(=O)[C@@]2(C)CC[C@](C)(O2)C1=O. The van der Waals surface area contributed by atoms with Gasteiger partial charge in [-0.3, -0.25) is 9.59 Å². The van der Waals surface area contributed by atoms with E-state index in [4.69, 9.17) is 16.3 Å². The number of benzene rings is 2. The molecule has 4 rings (SSSR count). The van der Waals surface area contributed by atoms with Crippen molar-refractivity contribution in [3.05, 3.63) is 58.6 Å². The van der Waals surface area contributed by atoms with Crippen molar-refractivity contribution in [2.45, 2.75) is 57.2 Å². The lowest BCUT2D eigenvalue weighted by Gasteiger charge is -2.38.